The van der Waals surface area contributed by atoms with Crippen molar-refractivity contribution >= 4 is 11.7 Å². The lowest BCUT2D eigenvalue weighted by Gasteiger charge is -2.44. The molecule has 4 nitrogen and oxygen atoms in total. The molecule has 0 aliphatic carbocycles. The number of para-hydroxylation sites is 1. The maximum absolute atomic E-state index is 12.5. The number of hydrogen-bond donors (Lipinski definition) is 1. The van der Waals surface area contributed by atoms with Crippen LogP contribution < -0.4 is 5.32 Å². The Morgan fingerprint density at radius 1 is 0.958 bits per heavy atom. The van der Waals surface area contributed by atoms with E-state index in [-0.39, 0.29) is 6.03 Å². The van der Waals surface area contributed by atoms with Gasteiger partial charge >= 0.3 is 6.03 Å². The molecule has 0 aromatic heterocycles. The number of rotatable bonds is 3. The Labute approximate surface area is 144 Å². The van der Waals surface area contributed by atoms with E-state index in [0.29, 0.717) is 12.1 Å². The molecule has 24 heavy (non-hydrogen) atoms. The number of carbonyl (C=O) groups is 1. The van der Waals surface area contributed by atoms with Gasteiger partial charge in [-0.05, 0) is 31.5 Å². The molecule has 1 aliphatic heterocycles. The van der Waals surface area contributed by atoms with Crippen molar-refractivity contribution in [3.8, 4) is 0 Å². The van der Waals surface area contributed by atoms with Crippen LogP contribution in [0.4, 0.5) is 10.5 Å². The van der Waals surface area contributed by atoms with Gasteiger partial charge in [0.05, 0.1) is 0 Å². The highest BCUT2D eigenvalue weighted by Gasteiger charge is 2.31. The number of piperazine rings is 1. The monoisotopic (exact) mass is 323 g/mol. The molecule has 126 valence electrons. The maximum atomic E-state index is 12.5. The smallest absolute Gasteiger partial charge is 0.321 e. The van der Waals surface area contributed by atoms with E-state index in [1.165, 1.54) is 5.56 Å². The normalized spacial score (nSPS) is 21.5. The molecular formula is C20H25N3O. The van der Waals surface area contributed by atoms with Gasteiger partial charge in [-0.2, -0.15) is 0 Å². The lowest BCUT2D eigenvalue weighted by molar-refractivity contribution is 0.0526. The fourth-order valence-electron chi connectivity index (χ4n) is 3.35. The van der Waals surface area contributed by atoms with Crippen molar-refractivity contribution in [2.75, 3.05) is 18.4 Å². The lowest BCUT2D eigenvalue weighted by atomic mass is 10.1. The summed E-state index contributed by atoms with van der Waals surface area (Å²) in [5, 5.41) is 2.99. The van der Waals surface area contributed by atoms with Crippen LogP contribution in [-0.2, 0) is 6.54 Å². The highest BCUT2D eigenvalue weighted by Crippen LogP contribution is 2.20. The number of nitrogens with one attached hydrogen (secondary N) is 1. The Balaban J connectivity index is 1.61. The van der Waals surface area contributed by atoms with E-state index in [0.717, 1.165) is 25.3 Å². The van der Waals surface area contributed by atoms with Crippen molar-refractivity contribution in [2.24, 2.45) is 0 Å². The molecule has 2 aromatic carbocycles. The summed E-state index contributed by atoms with van der Waals surface area (Å²) in [7, 11) is 0. The maximum Gasteiger partial charge on any atom is 0.321 e. The van der Waals surface area contributed by atoms with Crippen molar-refractivity contribution in [3.05, 3.63) is 66.2 Å². The molecule has 0 spiro atoms. The molecule has 1 saturated heterocycles. The predicted octanol–water partition coefficient (Wildman–Crippen LogP) is 3.81. The summed E-state index contributed by atoms with van der Waals surface area (Å²) in [6.07, 6.45) is 0. The molecule has 2 atom stereocenters. The molecule has 4 heteroatoms. The molecule has 0 radical (unpaired) electrons. The van der Waals surface area contributed by atoms with Crippen molar-refractivity contribution in [3.63, 3.8) is 0 Å². The summed E-state index contributed by atoms with van der Waals surface area (Å²) in [6.45, 7) is 6.81. The van der Waals surface area contributed by atoms with Gasteiger partial charge in [0.2, 0.25) is 0 Å². The average molecular weight is 323 g/mol. The molecule has 2 aromatic rings. The number of hydrogen-bond acceptors (Lipinski definition) is 2. The molecule has 1 aliphatic rings. The Kier molecular flexibility index (Phi) is 5.16. The van der Waals surface area contributed by atoms with Gasteiger partial charge in [-0.3, -0.25) is 4.90 Å². The molecular weight excluding hydrogens is 298 g/mol. The second kappa shape index (κ2) is 7.49. The minimum Gasteiger partial charge on any atom is -0.321 e. The van der Waals surface area contributed by atoms with E-state index >= 15 is 0 Å². The summed E-state index contributed by atoms with van der Waals surface area (Å²) in [4.78, 5) is 16.9. The SMILES string of the molecule is CC1CN(C(=O)Nc2ccccc2)CC(C)N1Cc1ccccc1. The van der Waals surface area contributed by atoms with Crippen LogP contribution in [0, 0.1) is 0 Å². The van der Waals surface area contributed by atoms with Gasteiger partial charge in [-0.15, -0.1) is 0 Å². The van der Waals surface area contributed by atoms with Crippen molar-refractivity contribution in [1.29, 1.82) is 0 Å². The zero-order valence-electron chi connectivity index (χ0n) is 14.4. The van der Waals surface area contributed by atoms with Gasteiger partial charge in [0.1, 0.15) is 0 Å². The first-order chi connectivity index (χ1) is 11.6. The molecule has 1 fully saturated rings. The van der Waals surface area contributed by atoms with E-state index in [2.05, 4.69) is 48.3 Å². The summed E-state index contributed by atoms with van der Waals surface area (Å²) >= 11 is 0. The van der Waals surface area contributed by atoms with E-state index in [1.807, 2.05) is 41.3 Å². The van der Waals surface area contributed by atoms with Crippen LogP contribution in [0.3, 0.4) is 0 Å². The summed E-state index contributed by atoms with van der Waals surface area (Å²) < 4.78 is 0. The topological polar surface area (TPSA) is 35.6 Å². The molecule has 2 unspecified atom stereocenters. The quantitative estimate of drug-likeness (QED) is 0.932. The molecule has 3 rings (SSSR count). The largest absolute Gasteiger partial charge is 0.321 e. The van der Waals surface area contributed by atoms with Crippen LogP contribution in [0.2, 0.25) is 0 Å². The lowest BCUT2D eigenvalue weighted by Crippen LogP contribution is -2.58. The second-order valence-electron chi connectivity index (χ2n) is 6.56. The third kappa shape index (κ3) is 3.95. The Morgan fingerprint density at radius 2 is 1.50 bits per heavy atom. The number of anilines is 1. The minimum absolute atomic E-state index is 0.0146. The summed E-state index contributed by atoms with van der Waals surface area (Å²) in [5.74, 6) is 0. The van der Waals surface area contributed by atoms with E-state index in [4.69, 9.17) is 0 Å². The van der Waals surface area contributed by atoms with E-state index in [9.17, 15) is 4.79 Å². The van der Waals surface area contributed by atoms with E-state index < -0.39 is 0 Å². The molecule has 1 heterocycles. The Hall–Kier alpha value is -2.33. The second-order valence-corrected chi connectivity index (χ2v) is 6.56. The Morgan fingerprint density at radius 3 is 2.08 bits per heavy atom. The fourth-order valence-corrected chi connectivity index (χ4v) is 3.35. The van der Waals surface area contributed by atoms with Gasteiger partial charge in [0, 0.05) is 37.4 Å². The van der Waals surface area contributed by atoms with Crippen LogP contribution in [0.5, 0.6) is 0 Å². The highest BCUT2D eigenvalue weighted by molar-refractivity contribution is 5.89. The predicted molar refractivity (Wildman–Crippen MR) is 97.9 cm³/mol. The van der Waals surface area contributed by atoms with Crippen molar-refractivity contribution in [2.45, 2.75) is 32.5 Å². The first-order valence-corrected chi connectivity index (χ1v) is 8.54. The molecule has 2 amide bonds. The van der Waals surface area contributed by atoms with Crippen molar-refractivity contribution in [1.82, 2.24) is 9.80 Å². The van der Waals surface area contributed by atoms with Crippen molar-refractivity contribution < 1.29 is 4.79 Å². The fraction of sp³-hybridized carbons (Fsp3) is 0.350. The van der Waals surface area contributed by atoms with Gasteiger partial charge in [-0.1, -0.05) is 48.5 Å². The zero-order chi connectivity index (χ0) is 16.9. The first kappa shape index (κ1) is 16.5. The number of carbonyl (C=O) groups excluding carboxylic acids is 1. The molecule has 0 saturated carbocycles. The van der Waals surface area contributed by atoms with Gasteiger partial charge in [0.15, 0.2) is 0 Å². The third-order valence-electron chi connectivity index (χ3n) is 4.62. The van der Waals surface area contributed by atoms with Crippen LogP contribution >= 0.6 is 0 Å². The van der Waals surface area contributed by atoms with Gasteiger partial charge in [-0.25, -0.2) is 4.79 Å². The molecule has 1 N–H and O–H groups in total. The van der Waals surface area contributed by atoms with Crippen LogP contribution in [0.25, 0.3) is 0 Å². The van der Waals surface area contributed by atoms with Crippen LogP contribution in [-0.4, -0.2) is 41.0 Å². The average Bonchev–Trinajstić information content (AvgIpc) is 2.60. The number of nitrogens with zero attached hydrogens (tertiary/aromatic N) is 2. The molecule has 0 bridgehead atoms. The van der Waals surface area contributed by atoms with Crippen LogP contribution in [0.1, 0.15) is 19.4 Å². The van der Waals surface area contributed by atoms with Gasteiger partial charge in [0.25, 0.3) is 0 Å². The zero-order valence-corrected chi connectivity index (χ0v) is 14.4. The highest BCUT2D eigenvalue weighted by atomic mass is 16.2. The summed E-state index contributed by atoms with van der Waals surface area (Å²) in [5.41, 5.74) is 2.16. The first-order valence-electron chi connectivity index (χ1n) is 8.54. The standard InChI is InChI=1S/C20H25N3O/c1-16-13-22(20(24)21-19-11-7-4-8-12-19)14-17(2)23(16)15-18-9-5-3-6-10-18/h3-12,16-17H,13-15H2,1-2H3,(H,21,24). The Bertz CT molecular complexity index is 647. The number of urea groups is 1. The summed E-state index contributed by atoms with van der Waals surface area (Å²) in [6, 6.07) is 20.8. The minimum atomic E-state index is -0.0146. The number of benzene rings is 2. The van der Waals surface area contributed by atoms with E-state index in [1.54, 1.807) is 0 Å². The third-order valence-corrected chi connectivity index (χ3v) is 4.62. The van der Waals surface area contributed by atoms with Gasteiger partial charge < -0.3 is 10.2 Å². The van der Waals surface area contributed by atoms with Crippen LogP contribution in [0.15, 0.2) is 60.7 Å². The number of amides is 2.